The van der Waals surface area contributed by atoms with E-state index in [-0.39, 0.29) is 67.7 Å². The Hall–Kier alpha value is -7.29. The standard InChI is InChI=1S/C50H61N11O9/c1-30(2)56-40-26-34(25-36(37(40)27-51)46(64)55-29-38-31(3)24-32(4)57-47(38)65)33-8-10-42(54-28-33)60-18-16-59(17-19-60)15-13-53-43(62)12-20-69-22-23-70-21-14-52-39-7-5-6-35-45(39)50(68)61(49(35)67)41-9-11-44(63)58-48(41)66/h5-8,10,24-28,30,41,51-52,56H,9,11-23,29H2,1-4H3,(H,53,62)(H,55,64)(H,57,65)(H,58,63,66). The number of aromatic nitrogens is 2. The van der Waals surface area contributed by atoms with E-state index in [0.29, 0.717) is 60.9 Å². The topological polar surface area (TPSA) is 260 Å². The number of rotatable bonds is 22. The van der Waals surface area contributed by atoms with Crippen molar-refractivity contribution in [2.24, 2.45) is 0 Å². The van der Waals surface area contributed by atoms with Gasteiger partial charge in [-0.15, -0.1) is 0 Å². The molecule has 70 heavy (non-hydrogen) atoms. The summed E-state index contributed by atoms with van der Waals surface area (Å²) < 4.78 is 11.2. The van der Waals surface area contributed by atoms with Gasteiger partial charge in [-0.2, -0.15) is 0 Å². The number of fused-ring (bicyclic) bond motifs is 1. The predicted octanol–water partition coefficient (Wildman–Crippen LogP) is 2.98. The Morgan fingerprint density at radius 1 is 0.886 bits per heavy atom. The lowest BCUT2D eigenvalue weighted by Gasteiger charge is -2.35. The number of imide groups is 2. The number of benzene rings is 2. The summed E-state index contributed by atoms with van der Waals surface area (Å²) in [5.41, 5.74) is 5.55. The third-order valence-corrected chi connectivity index (χ3v) is 12.3. The summed E-state index contributed by atoms with van der Waals surface area (Å²) in [6.07, 6.45) is 3.30. The van der Waals surface area contributed by atoms with Crippen molar-refractivity contribution < 1.29 is 38.2 Å². The fraction of sp³-hybridized carbons (Fsp3) is 0.420. The van der Waals surface area contributed by atoms with Crippen LogP contribution in [-0.2, 0) is 30.4 Å². The quantitative estimate of drug-likeness (QED) is 0.0340. The number of amides is 6. The van der Waals surface area contributed by atoms with E-state index < -0.39 is 35.6 Å². The first-order valence-electron chi connectivity index (χ1n) is 23.6. The number of carbonyl (C=O) groups is 6. The minimum absolute atomic E-state index is 0.0390. The molecule has 2 aromatic heterocycles. The number of anilines is 3. The maximum absolute atomic E-state index is 13.7. The van der Waals surface area contributed by atoms with Crippen LogP contribution in [0.2, 0.25) is 0 Å². The van der Waals surface area contributed by atoms with Gasteiger partial charge in [0, 0.05) is 117 Å². The molecule has 4 aromatic rings. The summed E-state index contributed by atoms with van der Waals surface area (Å²) in [6, 6.07) is 13.4. The second-order valence-corrected chi connectivity index (χ2v) is 17.7. The second-order valence-electron chi connectivity index (χ2n) is 17.7. The zero-order chi connectivity index (χ0) is 49.9. The molecule has 2 fully saturated rings. The summed E-state index contributed by atoms with van der Waals surface area (Å²) in [7, 11) is 0. The fourth-order valence-electron chi connectivity index (χ4n) is 8.75. The molecule has 3 aliphatic heterocycles. The average molecular weight is 960 g/mol. The number of piperazine rings is 1. The van der Waals surface area contributed by atoms with Crippen molar-refractivity contribution in [2.75, 3.05) is 87.8 Å². The molecule has 20 heteroatoms. The van der Waals surface area contributed by atoms with Gasteiger partial charge >= 0.3 is 0 Å². The van der Waals surface area contributed by atoms with Gasteiger partial charge in [-0.3, -0.25) is 48.7 Å². The number of ether oxygens (including phenoxy) is 2. The molecule has 0 spiro atoms. The summed E-state index contributed by atoms with van der Waals surface area (Å²) in [4.78, 5) is 102. The van der Waals surface area contributed by atoms with Gasteiger partial charge in [0.1, 0.15) is 11.9 Å². The largest absolute Gasteiger partial charge is 0.382 e. The molecular weight excluding hydrogens is 899 g/mol. The van der Waals surface area contributed by atoms with Crippen LogP contribution in [0.4, 0.5) is 17.2 Å². The molecule has 1 atom stereocenters. The van der Waals surface area contributed by atoms with Crippen molar-refractivity contribution in [3.05, 3.63) is 104 Å². The van der Waals surface area contributed by atoms with E-state index in [9.17, 15) is 33.6 Å². The number of hydrogen-bond donors (Lipinski definition) is 7. The van der Waals surface area contributed by atoms with Crippen molar-refractivity contribution in [2.45, 2.75) is 65.6 Å². The van der Waals surface area contributed by atoms with E-state index in [2.05, 4.69) is 41.4 Å². The molecule has 7 N–H and O–H groups in total. The van der Waals surface area contributed by atoms with E-state index in [1.165, 1.54) is 12.3 Å². The lowest BCUT2D eigenvalue weighted by molar-refractivity contribution is -0.136. The molecule has 2 saturated heterocycles. The van der Waals surface area contributed by atoms with Crippen molar-refractivity contribution in [1.82, 2.24) is 35.7 Å². The van der Waals surface area contributed by atoms with Crippen molar-refractivity contribution >= 4 is 58.9 Å². The zero-order valence-corrected chi connectivity index (χ0v) is 40.0. The molecule has 5 heterocycles. The molecule has 0 bridgehead atoms. The number of nitrogens with one attached hydrogen (secondary N) is 7. The molecule has 6 amide bonds. The number of aryl methyl sites for hydroxylation is 2. The molecule has 0 radical (unpaired) electrons. The van der Waals surface area contributed by atoms with Gasteiger partial charge in [-0.05, 0) is 87.7 Å². The first-order chi connectivity index (χ1) is 33.7. The molecule has 0 saturated carbocycles. The summed E-state index contributed by atoms with van der Waals surface area (Å²) in [5, 5.41) is 22.7. The van der Waals surface area contributed by atoms with Crippen LogP contribution in [-0.4, -0.2) is 146 Å². The molecule has 7 rings (SSSR count). The number of piperidine rings is 1. The monoisotopic (exact) mass is 959 g/mol. The Morgan fingerprint density at radius 2 is 1.66 bits per heavy atom. The van der Waals surface area contributed by atoms with Crippen LogP contribution in [0.5, 0.6) is 0 Å². The highest BCUT2D eigenvalue weighted by atomic mass is 16.5. The normalized spacial score (nSPS) is 16.0. The van der Waals surface area contributed by atoms with E-state index in [0.717, 1.165) is 59.3 Å². The first-order valence-corrected chi connectivity index (χ1v) is 23.6. The van der Waals surface area contributed by atoms with Gasteiger partial charge in [-0.1, -0.05) is 6.07 Å². The van der Waals surface area contributed by atoms with Crippen LogP contribution in [0.25, 0.3) is 11.1 Å². The van der Waals surface area contributed by atoms with Crippen molar-refractivity contribution in [1.29, 1.82) is 5.41 Å². The van der Waals surface area contributed by atoms with Crippen LogP contribution in [0.3, 0.4) is 0 Å². The lowest BCUT2D eigenvalue weighted by atomic mass is 9.97. The average Bonchev–Trinajstić information content (AvgIpc) is 3.58. The third-order valence-electron chi connectivity index (χ3n) is 12.3. The number of nitrogens with zero attached hydrogens (tertiary/aromatic N) is 4. The molecule has 0 aliphatic carbocycles. The Labute approximate surface area is 405 Å². The van der Waals surface area contributed by atoms with Gasteiger partial charge < -0.3 is 46.0 Å². The van der Waals surface area contributed by atoms with E-state index >= 15 is 0 Å². The molecule has 1 unspecified atom stereocenters. The Kier molecular flexibility index (Phi) is 16.9. The number of pyridine rings is 2. The number of H-pyrrole nitrogens is 1. The highest BCUT2D eigenvalue weighted by Gasteiger charge is 2.45. The molecular formula is C50H61N11O9. The van der Waals surface area contributed by atoms with Gasteiger partial charge in [0.15, 0.2) is 0 Å². The lowest BCUT2D eigenvalue weighted by Crippen LogP contribution is -2.54. The van der Waals surface area contributed by atoms with Crippen LogP contribution >= 0.6 is 0 Å². The number of aromatic amines is 1. The molecule has 3 aliphatic rings. The highest BCUT2D eigenvalue weighted by molar-refractivity contribution is 6.25. The maximum atomic E-state index is 13.7. The van der Waals surface area contributed by atoms with E-state index in [4.69, 9.17) is 19.9 Å². The fourth-order valence-corrected chi connectivity index (χ4v) is 8.75. The summed E-state index contributed by atoms with van der Waals surface area (Å²) in [6.45, 7) is 13.5. The van der Waals surface area contributed by atoms with Gasteiger partial charge in [0.25, 0.3) is 23.3 Å². The summed E-state index contributed by atoms with van der Waals surface area (Å²) in [5.74, 6) is -1.91. The minimum Gasteiger partial charge on any atom is -0.382 e. The SMILES string of the molecule is Cc1cc(C)c(CNC(=O)c2cc(-c3ccc(N4CCN(CCNC(=O)CCOCCOCCNc5cccc6c5C(=O)N(C5CCC(=O)NC5=O)C6=O)CC4)nc3)cc(NC(C)C)c2C=N)c(=O)[nH]1. The molecule has 20 nitrogen and oxygen atoms in total. The molecule has 2 aromatic carbocycles. The van der Waals surface area contributed by atoms with Crippen LogP contribution in [0, 0.1) is 19.3 Å². The smallest absolute Gasteiger partial charge is 0.264 e. The van der Waals surface area contributed by atoms with Gasteiger partial charge in [0.2, 0.25) is 17.7 Å². The van der Waals surface area contributed by atoms with Crippen LogP contribution in [0.15, 0.2) is 59.5 Å². The summed E-state index contributed by atoms with van der Waals surface area (Å²) >= 11 is 0. The van der Waals surface area contributed by atoms with Crippen molar-refractivity contribution in [3.8, 4) is 11.1 Å². The Morgan fingerprint density at radius 3 is 2.36 bits per heavy atom. The van der Waals surface area contributed by atoms with Crippen LogP contribution in [0.1, 0.15) is 86.6 Å². The molecule has 370 valence electrons. The number of hydrogen-bond acceptors (Lipinski definition) is 15. The second kappa shape index (κ2) is 23.3. The maximum Gasteiger partial charge on any atom is 0.264 e. The van der Waals surface area contributed by atoms with E-state index in [1.807, 2.05) is 52.0 Å². The first kappa shape index (κ1) is 50.6. The number of carbonyl (C=O) groups excluding carboxylic acids is 6. The highest BCUT2D eigenvalue weighted by Crippen LogP contribution is 2.33. The van der Waals surface area contributed by atoms with Crippen LogP contribution < -0.4 is 37.0 Å². The Balaban J connectivity index is 0.783. The van der Waals surface area contributed by atoms with Gasteiger partial charge in [-0.25, -0.2) is 4.98 Å². The minimum atomic E-state index is -1.04. The van der Waals surface area contributed by atoms with Gasteiger partial charge in [0.05, 0.1) is 43.1 Å². The Bertz CT molecular complexity index is 2680. The third kappa shape index (κ3) is 12.3. The van der Waals surface area contributed by atoms with E-state index in [1.54, 1.807) is 24.4 Å². The van der Waals surface area contributed by atoms with Crippen molar-refractivity contribution in [3.63, 3.8) is 0 Å². The predicted molar refractivity (Wildman–Crippen MR) is 264 cm³/mol. The zero-order valence-electron chi connectivity index (χ0n) is 40.0.